The van der Waals surface area contributed by atoms with E-state index in [1.807, 2.05) is 60.7 Å². The van der Waals surface area contributed by atoms with Crippen molar-refractivity contribution in [1.29, 1.82) is 0 Å². The lowest BCUT2D eigenvalue weighted by molar-refractivity contribution is 1.61. The fourth-order valence-electron chi connectivity index (χ4n) is 3.82. The molecule has 4 heteroatoms. The zero-order valence-electron chi connectivity index (χ0n) is 13.3. The molecule has 0 aliphatic heterocycles. The molecular weight excluding hydrogens is 406 g/mol. The number of fused-ring (bicyclic) bond motifs is 5. The summed E-state index contributed by atoms with van der Waals surface area (Å²) in [5.41, 5.74) is 6.35. The van der Waals surface area contributed by atoms with Crippen LogP contribution in [0, 0.1) is 0 Å². The molecule has 26 heavy (non-hydrogen) atoms. The first-order chi connectivity index (χ1) is 12.5. The van der Waals surface area contributed by atoms with Crippen molar-refractivity contribution in [3.8, 4) is 33.4 Å². The predicted octanol–water partition coefficient (Wildman–Crippen LogP) is 8.77. The molecule has 0 fully saturated rings. The van der Waals surface area contributed by atoms with E-state index in [1.54, 1.807) is 0 Å². The highest BCUT2D eigenvalue weighted by atomic mass is 35.5. The summed E-state index contributed by atoms with van der Waals surface area (Å²) in [6, 6.07) is 19.7. The molecule has 0 nitrogen and oxygen atoms in total. The van der Waals surface area contributed by atoms with Crippen LogP contribution in [-0.2, 0) is 0 Å². The molecule has 1 aliphatic carbocycles. The summed E-state index contributed by atoms with van der Waals surface area (Å²) >= 11 is 25.5. The fourth-order valence-corrected chi connectivity index (χ4v) is 4.61. The van der Waals surface area contributed by atoms with Gasteiger partial charge in [0.1, 0.15) is 0 Å². The molecule has 0 heterocycles. The number of halogens is 4. The molecule has 126 valence electrons. The Morgan fingerprint density at radius 3 is 1.27 bits per heavy atom. The SMILES string of the molecule is Clc1ccc2c(c1)-c1cc(Cl)ccc1-c1cc(Cl)cc3cc(Cl)cc-2c13. The smallest absolute Gasteiger partial charge is 0.0418 e. The normalized spacial score (nSPS) is 11.8. The van der Waals surface area contributed by atoms with Crippen molar-refractivity contribution in [2.75, 3.05) is 0 Å². The van der Waals surface area contributed by atoms with Gasteiger partial charge in [0.25, 0.3) is 0 Å². The summed E-state index contributed by atoms with van der Waals surface area (Å²) in [7, 11) is 0. The van der Waals surface area contributed by atoms with Crippen LogP contribution in [-0.4, -0.2) is 0 Å². The third-order valence-electron chi connectivity index (χ3n) is 4.81. The Kier molecular flexibility index (Phi) is 3.74. The van der Waals surface area contributed by atoms with Gasteiger partial charge in [-0.25, -0.2) is 0 Å². The average molecular weight is 416 g/mol. The Morgan fingerprint density at radius 2 is 0.808 bits per heavy atom. The maximum Gasteiger partial charge on any atom is 0.0418 e. The number of hydrogen-bond acceptors (Lipinski definition) is 0. The van der Waals surface area contributed by atoms with Crippen molar-refractivity contribution in [2.24, 2.45) is 0 Å². The van der Waals surface area contributed by atoms with Crippen molar-refractivity contribution < 1.29 is 0 Å². The quantitative estimate of drug-likeness (QED) is 0.237. The van der Waals surface area contributed by atoms with Gasteiger partial charge in [0.15, 0.2) is 0 Å². The van der Waals surface area contributed by atoms with Gasteiger partial charge < -0.3 is 0 Å². The minimum atomic E-state index is 0.672. The fraction of sp³-hybridized carbons (Fsp3) is 0. The third-order valence-corrected chi connectivity index (χ3v) is 5.72. The lowest BCUT2D eigenvalue weighted by atomic mass is 9.94. The first kappa shape index (κ1) is 16.5. The minimum absolute atomic E-state index is 0.672. The van der Waals surface area contributed by atoms with Crippen LogP contribution in [0.5, 0.6) is 0 Å². The standard InChI is InChI=1S/C22H10Cl4/c23-12-1-3-16-18(7-12)19-8-13(24)2-4-17(19)21-10-15(26)6-11-5-14(25)9-20(16)22(11)21/h1-10H. The van der Waals surface area contributed by atoms with Crippen LogP contribution in [0.2, 0.25) is 20.1 Å². The Labute approximate surface area is 170 Å². The molecule has 0 saturated carbocycles. The number of benzene rings is 4. The van der Waals surface area contributed by atoms with Gasteiger partial charge >= 0.3 is 0 Å². The van der Waals surface area contributed by atoms with E-state index in [-0.39, 0.29) is 0 Å². The van der Waals surface area contributed by atoms with Crippen LogP contribution >= 0.6 is 46.4 Å². The Balaban J connectivity index is 2.08. The monoisotopic (exact) mass is 414 g/mol. The van der Waals surface area contributed by atoms with Gasteiger partial charge in [-0.2, -0.15) is 0 Å². The molecule has 0 spiro atoms. The van der Waals surface area contributed by atoms with Crippen LogP contribution in [0.25, 0.3) is 44.2 Å². The van der Waals surface area contributed by atoms with Gasteiger partial charge in [-0.1, -0.05) is 58.5 Å². The van der Waals surface area contributed by atoms with Gasteiger partial charge in [0.2, 0.25) is 0 Å². The Morgan fingerprint density at radius 1 is 0.385 bits per heavy atom. The van der Waals surface area contributed by atoms with E-state index in [4.69, 9.17) is 46.4 Å². The zero-order valence-corrected chi connectivity index (χ0v) is 16.3. The van der Waals surface area contributed by atoms with Crippen LogP contribution in [0.4, 0.5) is 0 Å². The number of hydrogen-bond donors (Lipinski definition) is 0. The van der Waals surface area contributed by atoms with E-state index >= 15 is 0 Å². The van der Waals surface area contributed by atoms with E-state index in [0.717, 1.165) is 44.2 Å². The second-order valence-electron chi connectivity index (χ2n) is 6.38. The lowest BCUT2D eigenvalue weighted by Gasteiger charge is -2.12. The predicted molar refractivity (Wildman–Crippen MR) is 114 cm³/mol. The largest absolute Gasteiger partial charge is 0.0843 e. The van der Waals surface area contributed by atoms with E-state index in [2.05, 4.69) is 0 Å². The molecule has 5 rings (SSSR count). The molecule has 0 unspecified atom stereocenters. The lowest BCUT2D eigenvalue weighted by Crippen LogP contribution is -1.85. The van der Waals surface area contributed by atoms with Gasteiger partial charge in [0, 0.05) is 20.1 Å². The molecule has 4 aromatic rings. The summed E-state index contributed by atoms with van der Waals surface area (Å²) in [4.78, 5) is 0. The minimum Gasteiger partial charge on any atom is -0.0843 e. The molecule has 0 aromatic heterocycles. The Hall–Kier alpha value is -1.70. The summed E-state index contributed by atoms with van der Waals surface area (Å²) in [5, 5.41) is 4.84. The summed E-state index contributed by atoms with van der Waals surface area (Å²) in [5.74, 6) is 0. The van der Waals surface area contributed by atoms with E-state index in [0.29, 0.717) is 20.1 Å². The van der Waals surface area contributed by atoms with Crippen LogP contribution in [0.15, 0.2) is 60.7 Å². The van der Waals surface area contributed by atoms with E-state index in [1.165, 1.54) is 0 Å². The van der Waals surface area contributed by atoms with Gasteiger partial charge in [-0.15, -0.1) is 0 Å². The molecule has 0 saturated heterocycles. The highest BCUT2D eigenvalue weighted by molar-refractivity contribution is 6.35. The van der Waals surface area contributed by atoms with Gasteiger partial charge in [-0.05, 0) is 92.7 Å². The topological polar surface area (TPSA) is 0 Å². The van der Waals surface area contributed by atoms with Crippen molar-refractivity contribution in [3.63, 3.8) is 0 Å². The maximum atomic E-state index is 6.43. The maximum absolute atomic E-state index is 6.43. The van der Waals surface area contributed by atoms with E-state index in [9.17, 15) is 0 Å². The second kappa shape index (κ2) is 5.90. The van der Waals surface area contributed by atoms with E-state index < -0.39 is 0 Å². The summed E-state index contributed by atoms with van der Waals surface area (Å²) in [6.07, 6.45) is 0. The zero-order chi connectivity index (χ0) is 18.0. The second-order valence-corrected chi connectivity index (χ2v) is 8.13. The van der Waals surface area contributed by atoms with Crippen LogP contribution in [0.3, 0.4) is 0 Å². The summed E-state index contributed by atoms with van der Waals surface area (Å²) < 4.78 is 0. The van der Waals surface area contributed by atoms with Gasteiger partial charge in [-0.3, -0.25) is 0 Å². The molecule has 0 amide bonds. The molecule has 0 N–H and O–H groups in total. The van der Waals surface area contributed by atoms with Crippen LogP contribution in [0.1, 0.15) is 0 Å². The first-order valence-corrected chi connectivity index (χ1v) is 9.55. The van der Waals surface area contributed by atoms with Gasteiger partial charge in [0.05, 0.1) is 0 Å². The van der Waals surface area contributed by atoms with Crippen LogP contribution < -0.4 is 0 Å². The highest BCUT2D eigenvalue weighted by Gasteiger charge is 2.23. The first-order valence-electron chi connectivity index (χ1n) is 8.04. The molecular formula is C22H10Cl4. The summed E-state index contributed by atoms with van der Waals surface area (Å²) in [6.45, 7) is 0. The highest BCUT2D eigenvalue weighted by Crippen LogP contribution is 2.50. The Bertz CT molecular complexity index is 1130. The van der Waals surface area contributed by atoms with Crippen molar-refractivity contribution in [1.82, 2.24) is 0 Å². The van der Waals surface area contributed by atoms with Crippen molar-refractivity contribution in [3.05, 3.63) is 80.8 Å². The molecule has 0 bridgehead atoms. The molecule has 1 aliphatic rings. The third kappa shape index (κ3) is 2.45. The van der Waals surface area contributed by atoms with Crippen molar-refractivity contribution in [2.45, 2.75) is 0 Å². The molecule has 0 atom stereocenters. The average Bonchev–Trinajstić information content (AvgIpc) is 2.69. The number of rotatable bonds is 0. The molecule has 0 radical (unpaired) electrons. The van der Waals surface area contributed by atoms with Crippen molar-refractivity contribution >= 4 is 57.2 Å². The molecule has 4 aromatic carbocycles.